The number of benzene rings is 1. The molecule has 0 aliphatic carbocycles. The van der Waals surface area contributed by atoms with Crippen molar-refractivity contribution in [1.29, 1.82) is 0 Å². The zero-order valence-electron chi connectivity index (χ0n) is 11.2. The maximum atomic E-state index is 12.1. The van der Waals surface area contributed by atoms with Crippen LogP contribution in [0.25, 0.3) is 0 Å². The molecule has 1 amide bonds. The van der Waals surface area contributed by atoms with Crippen molar-refractivity contribution >= 4 is 5.91 Å². The molecule has 0 heterocycles. The van der Waals surface area contributed by atoms with Gasteiger partial charge in [-0.15, -0.1) is 0 Å². The summed E-state index contributed by atoms with van der Waals surface area (Å²) >= 11 is 0. The normalized spacial score (nSPS) is 14.0. The molecule has 0 radical (unpaired) electrons. The number of carbonyl (C=O) groups is 1. The molecule has 1 atom stereocenters. The first-order valence-corrected chi connectivity index (χ1v) is 6.06. The number of methoxy groups -OCH3 is 1. The van der Waals surface area contributed by atoms with E-state index < -0.39 is 5.54 Å². The maximum absolute atomic E-state index is 12.1. The maximum Gasteiger partial charge on any atom is 0.251 e. The van der Waals surface area contributed by atoms with Crippen LogP contribution in [-0.4, -0.2) is 30.3 Å². The first-order valence-electron chi connectivity index (χ1n) is 6.06. The number of amides is 1. The lowest BCUT2D eigenvalue weighted by Crippen LogP contribution is -2.48. The Hall–Kier alpha value is -1.39. The molecule has 100 valence electrons. The molecule has 2 N–H and O–H groups in total. The summed E-state index contributed by atoms with van der Waals surface area (Å²) in [7, 11) is 1.62. The van der Waals surface area contributed by atoms with Crippen LogP contribution in [-0.2, 0) is 11.3 Å². The van der Waals surface area contributed by atoms with Gasteiger partial charge < -0.3 is 15.2 Å². The van der Waals surface area contributed by atoms with Crippen molar-refractivity contribution in [2.75, 3.05) is 13.7 Å². The van der Waals surface area contributed by atoms with Crippen LogP contribution in [0.5, 0.6) is 0 Å². The van der Waals surface area contributed by atoms with E-state index in [1.54, 1.807) is 19.2 Å². The lowest BCUT2D eigenvalue weighted by atomic mass is 9.99. The van der Waals surface area contributed by atoms with Gasteiger partial charge in [-0.2, -0.15) is 0 Å². The molecule has 0 spiro atoms. The summed E-state index contributed by atoms with van der Waals surface area (Å²) in [5.41, 5.74) is 0.957. The van der Waals surface area contributed by atoms with E-state index in [4.69, 9.17) is 4.74 Å². The quantitative estimate of drug-likeness (QED) is 0.809. The lowest BCUT2D eigenvalue weighted by molar-refractivity contribution is 0.0847. The molecule has 0 saturated heterocycles. The van der Waals surface area contributed by atoms with Crippen LogP contribution in [0.2, 0.25) is 0 Å². The second kappa shape index (κ2) is 6.52. The number of aliphatic hydroxyl groups is 1. The third-order valence-electron chi connectivity index (χ3n) is 3.04. The van der Waals surface area contributed by atoms with Crippen molar-refractivity contribution in [2.45, 2.75) is 32.4 Å². The Bertz CT molecular complexity index is 400. The summed E-state index contributed by atoms with van der Waals surface area (Å²) in [6.07, 6.45) is 0.674. The Labute approximate surface area is 108 Å². The Kier molecular flexibility index (Phi) is 5.31. The van der Waals surface area contributed by atoms with Crippen LogP contribution in [0.15, 0.2) is 24.3 Å². The van der Waals surface area contributed by atoms with Gasteiger partial charge in [0.05, 0.1) is 18.8 Å². The van der Waals surface area contributed by atoms with Gasteiger partial charge in [0.2, 0.25) is 0 Å². The SMILES string of the molecule is CCC(C)(CO)NC(=O)c1cccc(COC)c1. The van der Waals surface area contributed by atoms with Gasteiger partial charge in [-0.3, -0.25) is 4.79 Å². The van der Waals surface area contributed by atoms with E-state index in [1.807, 2.05) is 26.0 Å². The molecule has 0 aliphatic heterocycles. The molecule has 0 saturated carbocycles. The average molecular weight is 251 g/mol. The van der Waals surface area contributed by atoms with E-state index >= 15 is 0 Å². The Morgan fingerprint density at radius 3 is 2.78 bits per heavy atom. The zero-order chi connectivity index (χ0) is 13.6. The number of nitrogens with one attached hydrogen (secondary N) is 1. The smallest absolute Gasteiger partial charge is 0.251 e. The van der Waals surface area contributed by atoms with Crippen LogP contribution < -0.4 is 5.32 Å². The standard InChI is InChI=1S/C14H21NO3/c1-4-14(2,10-16)15-13(17)12-7-5-6-11(8-12)9-18-3/h5-8,16H,4,9-10H2,1-3H3,(H,15,17). The molecule has 4 heteroatoms. The zero-order valence-corrected chi connectivity index (χ0v) is 11.2. The number of hydrogen-bond donors (Lipinski definition) is 2. The minimum Gasteiger partial charge on any atom is -0.394 e. The fourth-order valence-corrected chi connectivity index (χ4v) is 1.55. The Morgan fingerprint density at radius 2 is 2.22 bits per heavy atom. The van der Waals surface area contributed by atoms with Crippen molar-refractivity contribution in [1.82, 2.24) is 5.32 Å². The molecule has 0 aliphatic rings. The second-order valence-electron chi connectivity index (χ2n) is 4.66. The molecular weight excluding hydrogens is 230 g/mol. The molecule has 4 nitrogen and oxygen atoms in total. The number of aliphatic hydroxyl groups excluding tert-OH is 1. The van der Waals surface area contributed by atoms with Crippen molar-refractivity contribution < 1.29 is 14.6 Å². The minimum atomic E-state index is -0.575. The molecule has 0 fully saturated rings. The lowest BCUT2D eigenvalue weighted by Gasteiger charge is -2.27. The predicted molar refractivity (Wildman–Crippen MR) is 70.4 cm³/mol. The van der Waals surface area contributed by atoms with Gasteiger partial charge >= 0.3 is 0 Å². The van der Waals surface area contributed by atoms with E-state index in [0.29, 0.717) is 18.6 Å². The van der Waals surface area contributed by atoms with Crippen molar-refractivity contribution in [3.63, 3.8) is 0 Å². The van der Waals surface area contributed by atoms with Gasteiger partial charge in [0.25, 0.3) is 5.91 Å². The molecule has 1 rings (SSSR count). The molecule has 1 unspecified atom stereocenters. The molecular formula is C14H21NO3. The molecule has 0 bridgehead atoms. The van der Waals surface area contributed by atoms with Gasteiger partial charge in [-0.05, 0) is 31.0 Å². The fourth-order valence-electron chi connectivity index (χ4n) is 1.55. The summed E-state index contributed by atoms with van der Waals surface area (Å²) in [4.78, 5) is 12.1. The van der Waals surface area contributed by atoms with Crippen LogP contribution in [0, 0.1) is 0 Å². The minimum absolute atomic E-state index is 0.0764. The first-order chi connectivity index (χ1) is 8.54. The number of hydrogen-bond acceptors (Lipinski definition) is 3. The van der Waals surface area contributed by atoms with E-state index in [9.17, 15) is 9.90 Å². The Morgan fingerprint density at radius 1 is 1.50 bits per heavy atom. The molecule has 1 aromatic carbocycles. The van der Waals surface area contributed by atoms with E-state index in [1.165, 1.54) is 0 Å². The van der Waals surface area contributed by atoms with Crippen molar-refractivity contribution in [2.24, 2.45) is 0 Å². The second-order valence-corrected chi connectivity index (χ2v) is 4.66. The third-order valence-corrected chi connectivity index (χ3v) is 3.04. The number of rotatable bonds is 6. The molecule has 1 aromatic rings. The van der Waals surface area contributed by atoms with Crippen molar-refractivity contribution in [3.05, 3.63) is 35.4 Å². The highest BCUT2D eigenvalue weighted by Gasteiger charge is 2.23. The monoisotopic (exact) mass is 251 g/mol. The largest absolute Gasteiger partial charge is 0.394 e. The van der Waals surface area contributed by atoms with Gasteiger partial charge in [0.15, 0.2) is 0 Å². The summed E-state index contributed by atoms with van der Waals surface area (Å²) in [6, 6.07) is 7.28. The highest BCUT2D eigenvalue weighted by Crippen LogP contribution is 2.11. The van der Waals surface area contributed by atoms with E-state index in [0.717, 1.165) is 5.56 Å². The van der Waals surface area contributed by atoms with Crippen LogP contribution in [0.3, 0.4) is 0 Å². The topological polar surface area (TPSA) is 58.6 Å². The summed E-state index contributed by atoms with van der Waals surface area (Å²) in [5, 5.41) is 12.1. The Balaban J connectivity index is 2.81. The van der Waals surface area contributed by atoms with Crippen LogP contribution in [0.1, 0.15) is 36.2 Å². The van der Waals surface area contributed by atoms with Crippen LogP contribution >= 0.6 is 0 Å². The number of carbonyl (C=O) groups excluding carboxylic acids is 1. The fraction of sp³-hybridized carbons (Fsp3) is 0.500. The van der Waals surface area contributed by atoms with Crippen molar-refractivity contribution in [3.8, 4) is 0 Å². The number of ether oxygens (including phenoxy) is 1. The third kappa shape index (κ3) is 3.82. The summed E-state index contributed by atoms with van der Waals surface area (Å²) in [5.74, 6) is -0.175. The van der Waals surface area contributed by atoms with Gasteiger partial charge in [-0.25, -0.2) is 0 Å². The average Bonchev–Trinajstić information content (AvgIpc) is 2.39. The van der Waals surface area contributed by atoms with E-state index in [2.05, 4.69) is 5.32 Å². The summed E-state index contributed by atoms with van der Waals surface area (Å²) < 4.78 is 5.03. The van der Waals surface area contributed by atoms with Gasteiger partial charge in [0, 0.05) is 12.7 Å². The van der Waals surface area contributed by atoms with E-state index in [-0.39, 0.29) is 12.5 Å². The molecule has 0 aromatic heterocycles. The van der Waals surface area contributed by atoms with Crippen LogP contribution in [0.4, 0.5) is 0 Å². The molecule has 18 heavy (non-hydrogen) atoms. The van der Waals surface area contributed by atoms with Gasteiger partial charge in [0.1, 0.15) is 0 Å². The highest BCUT2D eigenvalue weighted by molar-refractivity contribution is 5.94. The highest BCUT2D eigenvalue weighted by atomic mass is 16.5. The summed E-state index contributed by atoms with van der Waals surface area (Å²) in [6.45, 7) is 4.15. The van der Waals surface area contributed by atoms with Gasteiger partial charge in [-0.1, -0.05) is 19.1 Å². The predicted octanol–water partition coefficient (Wildman–Crippen LogP) is 1.72. The first kappa shape index (κ1) is 14.7.